The van der Waals surface area contributed by atoms with E-state index in [0.29, 0.717) is 5.41 Å². The molecule has 21 heavy (non-hydrogen) atoms. The Hall–Kier alpha value is -0.410. The summed E-state index contributed by atoms with van der Waals surface area (Å²) in [7, 11) is 0. The van der Waals surface area contributed by atoms with Gasteiger partial charge in [-0.1, -0.05) is 33.6 Å². The smallest absolute Gasteiger partial charge is 0.0934 e. The van der Waals surface area contributed by atoms with Gasteiger partial charge in [-0.25, -0.2) is 4.98 Å². The van der Waals surface area contributed by atoms with Crippen LogP contribution in [0.25, 0.3) is 0 Å². The van der Waals surface area contributed by atoms with Gasteiger partial charge in [-0.2, -0.15) is 0 Å². The summed E-state index contributed by atoms with van der Waals surface area (Å²) in [5.41, 5.74) is 2.05. The van der Waals surface area contributed by atoms with E-state index in [0.717, 1.165) is 13.0 Å². The molecule has 0 bridgehead atoms. The molecular formula is C18H32N2S. The lowest BCUT2D eigenvalue weighted by Gasteiger charge is -2.33. The largest absolute Gasteiger partial charge is 0.312 e. The monoisotopic (exact) mass is 308 g/mol. The maximum atomic E-state index is 4.93. The molecule has 0 radical (unpaired) electrons. The highest BCUT2D eigenvalue weighted by atomic mass is 32.1. The molecule has 3 heteroatoms. The Morgan fingerprint density at radius 1 is 1.14 bits per heavy atom. The number of rotatable bonds is 4. The van der Waals surface area contributed by atoms with Crippen LogP contribution in [0.2, 0.25) is 0 Å². The average Bonchev–Trinajstić information content (AvgIpc) is 2.95. The maximum absolute atomic E-state index is 4.93. The Bertz CT molecular complexity index is 456. The van der Waals surface area contributed by atoms with E-state index < -0.39 is 0 Å². The van der Waals surface area contributed by atoms with Gasteiger partial charge in [0.15, 0.2) is 0 Å². The molecule has 2 rings (SSSR count). The van der Waals surface area contributed by atoms with Gasteiger partial charge in [0, 0.05) is 29.3 Å². The highest BCUT2D eigenvalue weighted by molar-refractivity contribution is 7.09. The van der Waals surface area contributed by atoms with Crippen molar-refractivity contribution in [3.8, 4) is 0 Å². The zero-order valence-corrected chi connectivity index (χ0v) is 15.5. The molecule has 1 aromatic heterocycles. The van der Waals surface area contributed by atoms with Crippen LogP contribution in [0.1, 0.15) is 77.9 Å². The molecule has 1 aromatic rings. The number of hydrogen-bond acceptors (Lipinski definition) is 3. The first-order chi connectivity index (χ1) is 9.60. The van der Waals surface area contributed by atoms with E-state index >= 15 is 0 Å². The lowest BCUT2D eigenvalue weighted by molar-refractivity contribution is 0.244. The van der Waals surface area contributed by atoms with Crippen molar-refractivity contribution in [1.82, 2.24) is 10.3 Å². The van der Waals surface area contributed by atoms with Crippen molar-refractivity contribution in [1.29, 1.82) is 0 Å². The van der Waals surface area contributed by atoms with Crippen LogP contribution < -0.4 is 5.32 Å². The number of hydrogen-bond donors (Lipinski definition) is 1. The standard InChI is InChI=1S/C18H32N2S/c1-16(2,3)14-12-21-15(20-14)11-18(9-7-8-10-18)13-19-17(4,5)6/h12,19H,7-11,13H2,1-6H3. The van der Waals surface area contributed by atoms with Gasteiger partial charge in [-0.15, -0.1) is 11.3 Å². The fourth-order valence-corrected chi connectivity index (χ4v) is 4.25. The van der Waals surface area contributed by atoms with Crippen molar-refractivity contribution in [2.24, 2.45) is 5.41 Å². The molecule has 2 nitrogen and oxygen atoms in total. The van der Waals surface area contributed by atoms with Crippen LogP contribution in [0.4, 0.5) is 0 Å². The molecular weight excluding hydrogens is 276 g/mol. The van der Waals surface area contributed by atoms with Gasteiger partial charge in [0.05, 0.1) is 10.7 Å². The summed E-state index contributed by atoms with van der Waals surface area (Å²) < 4.78 is 0. The third-order valence-corrected chi connectivity index (χ3v) is 5.35. The highest BCUT2D eigenvalue weighted by Gasteiger charge is 2.35. The van der Waals surface area contributed by atoms with Crippen molar-refractivity contribution < 1.29 is 0 Å². The minimum Gasteiger partial charge on any atom is -0.312 e. The van der Waals surface area contributed by atoms with Crippen LogP contribution in [0.15, 0.2) is 5.38 Å². The summed E-state index contributed by atoms with van der Waals surface area (Å²) in [4.78, 5) is 4.93. The van der Waals surface area contributed by atoms with E-state index in [1.807, 2.05) is 11.3 Å². The quantitative estimate of drug-likeness (QED) is 0.853. The zero-order valence-electron chi connectivity index (χ0n) is 14.7. The fourth-order valence-electron chi connectivity index (χ4n) is 3.05. The van der Waals surface area contributed by atoms with Gasteiger partial charge in [-0.3, -0.25) is 0 Å². The Morgan fingerprint density at radius 3 is 2.24 bits per heavy atom. The van der Waals surface area contributed by atoms with Gasteiger partial charge in [0.1, 0.15) is 0 Å². The molecule has 0 saturated heterocycles. The molecule has 0 aromatic carbocycles. The molecule has 1 N–H and O–H groups in total. The predicted octanol–water partition coefficient (Wildman–Crippen LogP) is 4.93. The summed E-state index contributed by atoms with van der Waals surface area (Å²) in [6, 6.07) is 0. The third kappa shape index (κ3) is 4.79. The van der Waals surface area contributed by atoms with Crippen molar-refractivity contribution in [3.05, 3.63) is 16.1 Å². The van der Waals surface area contributed by atoms with E-state index in [4.69, 9.17) is 4.98 Å². The number of aromatic nitrogens is 1. The first-order valence-electron chi connectivity index (χ1n) is 8.30. The van der Waals surface area contributed by atoms with Crippen molar-refractivity contribution >= 4 is 11.3 Å². The molecule has 1 aliphatic rings. The summed E-state index contributed by atoms with van der Waals surface area (Å²) >= 11 is 1.86. The summed E-state index contributed by atoms with van der Waals surface area (Å²) in [6.45, 7) is 14.7. The number of thiazole rings is 1. The first-order valence-corrected chi connectivity index (χ1v) is 9.18. The van der Waals surface area contributed by atoms with E-state index in [-0.39, 0.29) is 11.0 Å². The van der Waals surface area contributed by atoms with Crippen LogP contribution in [0.3, 0.4) is 0 Å². The predicted molar refractivity (Wildman–Crippen MR) is 93.2 cm³/mol. The van der Waals surface area contributed by atoms with Gasteiger partial charge in [0.25, 0.3) is 0 Å². The third-order valence-electron chi connectivity index (χ3n) is 4.50. The summed E-state index contributed by atoms with van der Waals surface area (Å²) in [5, 5.41) is 7.33. The average molecular weight is 309 g/mol. The second kappa shape index (κ2) is 6.00. The van der Waals surface area contributed by atoms with Crippen molar-refractivity contribution in [2.45, 2.75) is 84.6 Å². The van der Waals surface area contributed by atoms with Crippen LogP contribution in [-0.2, 0) is 11.8 Å². The molecule has 1 aliphatic carbocycles. The van der Waals surface area contributed by atoms with E-state index in [2.05, 4.69) is 52.2 Å². The molecule has 1 heterocycles. The summed E-state index contributed by atoms with van der Waals surface area (Å²) in [5.74, 6) is 0. The number of nitrogens with zero attached hydrogens (tertiary/aromatic N) is 1. The topological polar surface area (TPSA) is 24.9 Å². The molecule has 0 spiro atoms. The summed E-state index contributed by atoms with van der Waals surface area (Å²) in [6.07, 6.45) is 6.60. The molecule has 0 aliphatic heterocycles. The Labute approximate surface area is 134 Å². The van der Waals surface area contributed by atoms with E-state index in [9.17, 15) is 0 Å². The Balaban J connectivity index is 2.08. The highest BCUT2D eigenvalue weighted by Crippen LogP contribution is 2.41. The SMILES string of the molecule is CC(C)(C)NCC1(Cc2nc(C(C)(C)C)cs2)CCCC1. The van der Waals surface area contributed by atoms with E-state index in [1.165, 1.54) is 36.4 Å². The Morgan fingerprint density at radius 2 is 1.76 bits per heavy atom. The normalized spacial score (nSPS) is 19.1. The molecule has 0 unspecified atom stereocenters. The van der Waals surface area contributed by atoms with Gasteiger partial charge >= 0.3 is 0 Å². The minimum absolute atomic E-state index is 0.168. The fraction of sp³-hybridized carbons (Fsp3) is 0.833. The first kappa shape index (κ1) is 17.0. The molecule has 1 fully saturated rings. The van der Waals surface area contributed by atoms with Gasteiger partial charge in [0.2, 0.25) is 0 Å². The van der Waals surface area contributed by atoms with Crippen LogP contribution in [0.5, 0.6) is 0 Å². The lowest BCUT2D eigenvalue weighted by atomic mass is 9.82. The molecule has 0 atom stereocenters. The molecule has 0 amide bonds. The van der Waals surface area contributed by atoms with Crippen LogP contribution in [-0.4, -0.2) is 17.1 Å². The van der Waals surface area contributed by atoms with Crippen LogP contribution in [0, 0.1) is 5.41 Å². The second-order valence-corrected chi connectivity index (χ2v) is 9.81. The molecule has 120 valence electrons. The van der Waals surface area contributed by atoms with Gasteiger partial charge < -0.3 is 5.32 Å². The minimum atomic E-state index is 0.168. The lowest BCUT2D eigenvalue weighted by Crippen LogP contribution is -2.43. The second-order valence-electron chi connectivity index (χ2n) is 8.86. The maximum Gasteiger partial charge on any atom is 0.0934 e. The zero-order chi connectivity index (χ0) is 15.7. The van der Waals surface area contributed by atoms with Crippen molar-refractivity contribution in [3.63, 3.8) is 0 Å². The number of nitrogens with one attached hydrogen (secondary N) is 1. The molecule has 1 saturated carbocycles. The Kier molecular flexibility index (Phi) is 4.84. The van der Waals surface area contributed by atoms with Crippen molar-refractivity contribution in [2.75, 3.05) is 6.54 Å². The van der Waals surface area contributed by atoms with Crippen LogP contribution >= 0.6 is 11.3 Å². The van der Waals surface area contributed by atoms with Gasteiger partial charge in [-0.05, 0) is 39.0 Å². The van der Waals surface area contributed by atoms with E-state index in [1.54, 1.807) is 0 Å².